The second-order valence-electron chi connectivity index (χ2n) is 5.93. The number of primary amides is 1. The third-order valence-electron chi connectivity index (χ3n) is 4.45. The highest BCUT2D eigenvalue weighted by Gasteiger charge is 2.20. The largest absolute Gasteiger partial charge is 0.451 e. The summed E-state index contributed by atoms with van der Waals surface area (Å²) in [7, 11) is 0. The zero-order valence-electron chi connectivity index (χ0n) is 13.9. The molecule has 4 N–H and O–H groups in total. The fourth-order valence-corrected chi connectivity index (χ4v) is 3.10. The molecule has 0 radical (unpaired) electrons. The van der Waals surface area contributed by atoms with Crippen LogP contribution in [0, 0.1) is 6.92 Å². The van der Waals surface area contributed by atoms with Crippen LogP contribution in [0.2, 0.25) is 0 Å². The smallest absolute Gasteiger partial charge is 0.284 e. The summed E-state index contributed by atoms with van der Waals surface area (Å²) in [5.74, 6) is -0.971. The highest BCUT2D eigenvalue weighted by molar-refractivity contribution is 5.99. The monoisotopic (exact) mass is 338 g/mol. The van der Waals surface area contributed by atoms with Crippen LogP contribution < -0.4 is 11.2 Å². The van der Waals surface area contributed by atoms with Crippen molar-refractivity contribution in [2.24, 2.45) is 5.73 Å². The molecule has 3 rings (SSSR count). The third kappa shape index (κ3) is 2.88. The minimum atomic E-state index is -0.591. The van der Waals surface area contributed by atoms with Gasteiger partial charge in [-0.15, -0.1) is 0 Å². The van der Waals surface area contributed by atoms with Crippen LogP contribution in [0.5, 0.6) is 0 Å². The summed E-state index contributed by atoms with van der Waals surface area (Å²) in [6.45, 7) is 3.85. The van der Waals surface area contributed by atoms with E-state index in [0.717, 1.165) is 22.1 Å². The average molecular weight is 338 g/mol. The van der Waals surface area contributed by atoms with E-state index < -0.39 is 11.8 Å². The molecule has 6 nitrogen and oxygen atoms in total. The van der Waals surface area contributed by atoms with E-state index in [9.17, 15) is 9.59 Å². The molecule has 6 heteroatoms. The molecule has 1 heterocycles. The van der Waals surface area contributed by atoms with Crippen molar-refractivity contribution in [1.29, 1.82) is 0 Å². The van der Waals surface area contributed by atoms with Crippen molar-refractivity contribution in [3.8, 4) is 0 Å². The van der Waals surface area contributed by atoms with Gasteiger partial charge in [-0.1, -0.05) is 31.2 Å². The molecule has 128 valence electrons. The number of nitrogens with two attached hydrogens (primary N) is 1. The van der Waals surface area contributed by atoms with Gasteiger partial charge in [0.15, 0.2) is 5.76 Å². The van der Waals surface area contributed by atoms with Gasteiger partial charge >= 0.3 is 0 Å². The minimum absolute atomic E-state index is 0.00645. The summed E-state index contributed by atoms with van der Waals surface area (Å²) in [6.07, 6.45) is 0. The van der Waals surface area contributed by atoms with Crippen molar-refractivity contribution < 1.29 is 19.2 Å². The van der Waals surface area contributed by atoms with Gasteiger partial charge in [0.25, 0.3) is 11.8 Å². The number of carbonyl (C=O) groups excluding carboxylic acids is 2. The van der Waals surface area contributed by atoms with Gasteiger partial charge in [-0.2, -0.15) is 0 Å². The standard InChI is InChI=1S/C19H18N2O4/c1-10(12-6-8-13(9-7-12)19(23)21-24)14-4-3-5-15-16(14)11(2)17(25-15)18(20)22/h3-10,24H,1-2H3,(H2,20,22)(H,21,23)/t10-/m1/s1. The maximum atomic E-state index is 11.5. The summed E-state index contributed by atoms with van der Waals surface area (Å²) in [4.78, 5) is 23.0. The summed E-state index contributed by atoms with van der Waals surface area (Å²) in [6, 6.07) is 12.6. The molecule has 0 saturated heterocycles. The van der Waals surface area contributed by atoms with E-state index in [2.05, 4.69) is 0 Å². The van der Waals surface area contributed by atoms with E-state index in [-0.39, 0.29) is 11.7 Å². The predicted octanol–water partition coefficient (Wildman–Crippen LogP) is 3.11. The Kier molecular flexibility index (Phi) is 4.29. The number of fused-ring (bicyclic) bond motifs is 1. The molecular formula is C19H18N2O4. The zero-order valence-corrected chi connectivity index (χ0v) is 13.9. The minimum Gasteiger partial charge on any atom is -0.451 e. The topological polar surface area (TPSA) is 106 Å². The van der Waals surface area contributed by atoms with Gasteiger partial charge in [0.1, 0.15) is 5.58 Å². The molecule has 2 amide bonds. The second kappa shape index (κ2) is 6.41. The Morgan fingerprint density at radius 3 is 2.44 bits per heavy atom. The number of nitrogens with one attached hydrogen (secondary N) is 1. The average Bonchev–Trinajstić information content (AvgIpc) is 2.98. The van der Waals surface area contributed by atoms with E-state index in [1.165, 1.54) is 0 Å². The maximum Gasteiger partial charge on any atom is 0.284 e. The van der Waals surface area contributed by atoms with E-state index >= 15 is 0 Å². The van der Waals surface area contributed by atoms with Gasteiger partial charge < -0.3 is 10.2 Å². The molecule has 0 fully saturated rings. The van der Waals surface area contributed by atoms with E-state index in [0.29, 0.717) is 11.1 Å². The molecule has 0 aliphatic carbocycles. The first-order valence-electron chi connectivity index (χ1n) is 7.80. The van der Waals surface area contributed by atoms with Crippen LogP contribution in [0.4, 0.5) is 0 Å². The Morgan fingerprint density at radius 2 is 1.84 bits per heavy atom. The first-order chi connectivity index (χ1) is 11.9. The second-order valence-corrected chi connectivity index (χ2v) is 5.93. The Labute approximate surface area is 144 Å². The summed E-state index contributed by atoms with van der Waals surface area (Å²) in [5.41, 5.74) is 10.7. The van der Waals surface area contributed by atoms with Crippen molar-refractivity contribution >= 4 is 22.8 Å². The van der Waals surface area contributed by atoms with Gasteiger partial charge in [-0.25, -0.2) is 5.48 Å². The number of hydroxylamine groups is 1. The van der Waals surface area contributed by atoms with Gasteiger partial charge in [0.05, 0.1) is 0 Å². The fraction of sp³-hybridized carbons (Fsp3) is 0.158. The maximum absolute atomic E-state index is 11.5. The molecule has 1 aromatic heterocycles. The Bertz CT molecular complexity index is 957. The molecule has 25 heavy (non-hydrogen) atoms. The van der Waals surface area contributed by atoms with Gasteiger partial charge in [-0.3, -0.25) is 14.8 Å². The zero-order chi connectivity index (χ0) is 18.1. The predicted molar refractivity (Wildman–Crippen MR) is 92.7 cm³/mol. The lowest BCUT2D eigenvalue weighted by atomic mass is 9.89. The van der Waals surface area contributed by atoms with Crippen LogP contribution in [0.15, 0.2) is 46.9 Å². The number of rotatable bonds is 4. The van der Waals surface area contributed by atoms with Crippen molar-refractivity contribution in [3.05, 3.63) is 70.5 Å². The highest BCUT2D eigenvalue weighted by Crippen LogP contribution is 2.35. The molecule has 0 aliphatic heterocycles. The lowest BCUT2D eigenvalue weighted by Gasteiger charge is -2.14. The summed E-state index contributed by atoms with van der Waals surface area (Å²) < 4.78 is 5.60. The van der Waals surface area contributed by atoms with Crippen molar-refractivity contribution in [2.75, 3.05) is 0 Å². The summed E-state index contributed by atoms with van der Waals surface area (Å²) in [5, 5.41) is 9.57. The molecular weight excluding hydrogens is 320 g/mol. The van der Waals surface area contributed by atoms with Crippen LogP contribution in [0.25, 0.3) is 11.0 Å². The van der Waals surface area contributed by atoms with Crippen molar-refractivity contribution in [2.45, 2.75) is 19.8 Å². The lowest BCUT2D eigenvalue weighted by Crippen LogP contribution is -2.18. The Morgan fingerprint density at radius 1 is 1.16 bits per heavy atom. The molecule has 0 saturated carbocycles. The number of hydrogen-bond acceptors (Lipinski definition) is 4. The Balaban J connectivity index is 2.06. The lowest BCUT2D eigenvalue weighted by molar-refractivity contribution is 0.0706. The van der Waals surface area contributed by atoms with Crippen LogP contribution >= 0.6 is 0 Å². The van der Waals surface area contributed by atoms with Crippen molar-refractivity contribution in [3.63, 3.8) is 0 Å². The van der Waals surface area contributed by atoms with Gasteiger partial charge in [0.2, 0.25) is 0 Å². The SMILES string of the molecule is Cc1c(C(N)=O)oc2cccc([C@H](C)c3ccc(C(=O)NO)cc3)c12. The number of benzene rings is 2. The van der Waals surface area contributed by atoms with Crippen LogP contribution in [0.1, 0.15) is 50.4 Å². The molecule has 0 bridgehead atoms. The number of furan rings is 1. The molecule has 0 aliphatic rings. The van der Waals surface area contributed by atoms with E-state index in [1.54, 1.807) is 23.7 Å². The van der Waals surface area contributed by atoms with Crippen LogP contribution in [0.3, 0.4) is 0 Å². The van der Waals surface area contributed by atoms with E-state index in [1.807, 2.05) is 38.1 Å². The molecule has 3 aromatic rings. The first kappa shape index (κ1) is 16.7. The van der Waals surface area contributed by atoms with Gasteiger partial charge in [-0.05, 0) is 36.2 Å². The highest BCUT2D eigenvalue weighted by atomic mass is 16.5. The van der Waals surface area contributed by atoms with Crippen LogP contribution in [-0.2, 0) is 0 Å². The van der Waals surface area contributed by atoms with Crippen LogP contribution in [-0.4, -0.2) is 17.0 Å². The number of aryl methyl sites for hydroxylation is 1. The fourth-order valence-electron chi connectivity index (χ4n) is 3.10. The number of carbonyl (C=O) groups is 2. The van der Waals surface area contributed by atoms with Gasteiger partial charge in [0, 0.05) is 22.4 Å². The quantitative estimate of drug-likeness (QED) is 0.502. The molecule has 0 spiro atoms. The first-order valence-corrected chi connectivity index (χ1v) is 7.80. The summed E-state index contributed by atoms with van der Waals surface area (Å²) >= 11 is 0. The van der Waals surface area contributed by atoms with E-state index in [4.69, 9.17) is 15.4 Å². The Hall–Kier alpha value is -3.12. The number of amides is 2. The van der Waals surface area contributed by atoms with Crippen molar-refractivity contribution in [1.82, 2.24) is 5.48 Å². The molecule has 0 unspecified atom stereocenters. The molecule has 1 atom stereocenters. The third-order valence-corrected chi connectivity index (χ3v) is 4.45. The number of hydrogen-bond donors (Lipinski definition) is 3. The normalized spacial score (nSPS) is 12.1. The molecule has 2 aromatic carbocycles.